The Labute approximate surface area is 221 Å². The number of nitrogens with zero attached hydrogens (tertiary/aromatic N) is 7. The molecule has 36 heavy (non-hydrogen) atoms. The first-order chi connectivity index (χ1) is 17.4. The number of rotatable bonds is 5. The summed E-state index contributed by atoms with van der Waals surface area (Å²) in [6.45, 7) is 3.37. The molecule has 1 aliphatic heterocycles. The number of hydrogen-bond donors (Lipinski definition) is 0. The van der Waals surface area contributed by atoms with Crippen LogP contribution < -0.4 is 4.84 Å². The maximum atomic E-state index is 12.5. The molecular formula is C24H21Cl2N7O2S. The average Bonchev–Trinajstić information content (AvgIpc) is 3.51. The van der Waals surface area contributed by atoms with Crippen molar-refractivity contribution in [3.05, 3.63) is 64.4 Å². The third-order valence-electron chi connectivity index (χ3n) is 5.98. The molecule has 1 atom stereocenters. The molecule has 1 amide bonds. The van der Waals surface area contributed by atoms with E-state index in [2.05, 4.69) is 21.3 Å². The molecule has 0 saturated carbocycles. The van der Waals surface area contributed by atoms with Crippen LogP contribution in [0.5, 0.6) is 0 Å². The van der Waals surface area contributed by atoms with E-state index in [9.17, 15) is 10.1 Å². The van der Waals surface area contributed by atoms with Gasteiger partial charge in [-0.25, -0.2) is 9.31 Å². The Bertz CT molecular complexity index is 1450. The van der Waals surface area contributed by atoms with E-state index < -0.39 is 6.09 Å². The van der Waals surface area contributed by atoms with Crippen molar-refractivity contribution in [3.63, 3.8) is 0 Å². The molecule has 5 rings (SSSR count). The van der Waals surface area contributed by atoms with Crippen LogP contribution in [0.15, 0.2) is 48.1 Å². The Morgan fingerprint density at radius 1 is 1.08 bits per heavy atom. The van der Waals surface area contributed by atoms with Crippen molar-refractivity contribution in [2.24, 2.45) is 0 Å². The summed E-state index contributed by atoms with van der Waals surface area (Å²) in [7, 11) is 0. The zero-order valence-corrected chi connectivity index (χ0v) is 21.6. The number of amides is 1. The number of carbonyl (C=O) groups is 1. The van der Waals surface area contributed by atoms with Gasteiger partial charge < -0.3 is 4.90 Å². The number of likely N-dealkylation sites (tertiary alicyclic amines) is 1. The predicted molar refractivity (Wildman–Crippen MR) is 137 cm³/mol. The first-order valence-corrected chi connectivity index (χ1v) is 13.0. The quantitative estimate of drug-likeness (QED) is 0.300. The second-order valence-corrected chi connectivity index (χ2v) is 10.6. The second kappa shape index (κ2) is 10.4. The lowest BCUT2D eigenvalue weighted by Gasteiger charge is -2.25. The summed E-state index contributed by atoms with van der Waals surface area (Å²) in [5, 5.41) is 19.0. The van der Waals surface area contributed by atoms with Gasteiger partial charge in [-0.3, -0.25) is 9.82 Å². The van der Waals surface area contributed by atoms with E-state index in [1.54, 1.807) is 34.2 Å². The van der Waals surface area contributed by atoms with Crippen LogP contribution in [-0.4, -0.2) is 48.6 Å². The molecule has 5 heterocycles. The number of nitriles is 1. The van der Waals surface area contributed by atoms with Crippen molar-refractivity contribution < 1.29 is 9.63 Å². The largest absolute Gasteiger partial charge is 0.435 e. The van der Waals surface area contributed by atoms with E-state index in [1.807, 2.05) is 19.2 Å². The highest BCUT2D eigenvalue weighted by atomic mass is 35.5. The Morgan fingerprint density at radius 3 is 2.56 bits per heavy atom. The molecule has 9 nitrogen and oxygen atoms in total. The highest BCUT2D eigenvalue weighted by Crippen LogP contribution is 2.43. The number of halogens is 2. The number of hydrogen-bond acceptors (Lipinski definition) is 7. The lowest BCUT2D eigenvalue weighted by Crippen LogP contribution is -2.40. The third kappa shape index (κ3) is 4.87. The van der Waals surface area contributed by atoms with Gasteiger partial charge in [-0.2, -0.15) is 10.4 Å². The molecule has 0 unspecified atom stereocenters. The maximum Gasteiger partial charge on any atom is 0.435 e. The Hall–Kier alpha value is -3.26. The predicted octanol–water partition coefficient (Wildman–Crippen LogP) is 5.66. The molecule has 12 heteroatoms. The highest BCUT2D eigenvalue weighted by molar-refractivity contribution is 7.99. The first-order valence-electron chi connectivity index (χ1n) is 11.3. The third-order valence-corrected chi connectivity index (χ3v) is 7.73. The van der Waals surface area contributed by atoms with Crippen molar-refractivity contribution in [2.75, 3.05) is 13.1 Å². The summed E-state index contributed by atoms with van der Waals surface area (Å²) in [4.78, 5) is 25.6. The normalized spacial score (nSPS) is 14.6. The maximum absolute atomic E-state index is 12.5. The van der Waals surface area contributed by atoms with E-state index in [0.717, 1.165) is 40.8 Å². The van der Waals surface area contributed by atoms with Crippen molar-refractivity contribution >= 4 is 46.6 Å². The molecular weight excluding hydrogens is 521 g/mol. The molecule has 0 aromatic carbocycles. The molecule has 4 aromatic rings. The fourth-order valence-corrected chi connectivity index (χ4v) is 6.28. The molecule has 0 radical (unpaired) electrons. The fraction of sp³-hybridized carbons (Fsp3) is 0.292. The van der Waals surface area contributed by atoms with Gasteiger partial charge in [-0.05, 0) is 32.3 Å². The summed E-state index contributed by atoms with van der Waals surface area (Å²) in [5.74, 6) is 0. The van der Waals surface area contributed by atoms with Crippen LogP contribution in [0.3, 0.4) is 0 Å². The number of aromatic nitrogens is 5. The van der Waals surface area contributed by atoms with Crippen molar-refractivity contribution in [2.45, 2.75) is 36.3 Å². The summed E-state index contributed by atoms with van der Waals surface area (Å²) < 4.78 is 1.66. The van der Waals surface area contributed by atoms with E-state index in [4.69, 9.17) is 28.0 Å². The number of fused-ring (bicyclic) bond motifs is 1. The van der Waals surface area contributed by atoms with Gasteiger partial charge in [0, 0.05) is 58.5 Å². The molecule has 4 aromatic heterocycles. The number of piperidine rings is 1. The summed E-state index contributed by atoms with van der Waals surface area (Å²) >= 11 is 14.3. The zero-order valence-electron chi connectivity index (χ0n) is 19.3. The van der Waals surface area contributed by atoms with E-state index >= 15 is 0 Å². The van der Waals surface area contributed by atoms with Crippen molar-refractivity contribution in [3.8, 4) is 17.2 Å². The van der Waals surface area contributed by atoms with Crippen LogP contribution in [0.2, 0.25) is 10.0 Å². The molecule has 184 valence electrons. The fourth-order valence-electron chi connectivity index (χ4n) is 4.19. The molecule has 1 fully saturated rings. The Kier molecular flexibility index (Phi) is 7.05. The van der Waals surface area contributed by atoms with Gasteiger partial charge in [0.25, 0.3) is 0 Å². The lowest BCUT2D eigenvalue weighted by molar-refractivity contribution is 0.0731. The molecule has 0 aliphatic carbocycles. The topological polar surface area (TPSA) is 101 Å². The van der Waals surface area contributed by atoms with Crippen LogP contribution in [0.1, 0.15) is 42.6 Å². The van der Waals surface area contributed by atoms with Gasteiger partial charge in [-0.15, -0.1) is 16.9 Å². The van der Waals surface area contributed by atoms with Crippen molar-refractivity contribution in [1.29, 1.82) is 5.26 Å². The molecule has 0 N–H and O–H groups in total. The van der Waals surface area contributed by atoms with Gasteiger partial charge in [0.2, 0.25) is 0 Å². The number of thioether (sulfide) groups is 1. The molecule has 1 aliphatic rings. The van der Waals surface area contributed by atoms with Crippen LogP contribution in [0, 0.1) is 11.3 Å². The summed E-state index contributed by atoms with van der Waals surface area (Å²) in [6, 6.07) is 4.16. The average molecular weight is 542 g/mol. The van der Waals surface area contributed by atoms with E-state index in [1.165, 1.54) is 22.8 Å². The van der Waals surface area contributed by atoms with Gasteiger partial charge in [0.05, 0.1) is 39.7 Å². The lowest BCUT2D eigenvalue weighted by atomic mass is 10.1. The molecule has 0 bridgehead atoms. The Morgan fingerprint density at radius 2 is 1.83 bits per heavy atom. The zero-order chi connectivity index (χ0) is 25.2. The summed E-state index contributed by atoms with van der Waals surface area (Å²) in [5.41, 5.74) is 3.42. The number of carbonyl (C=O) groups excluding carboxylic acids is 1. The molecule has 0 spiro atoms. The van der Waals surface area contributed by atoms with E-state index in [-0.39, 0.29) is 5.25 Å². The standard InChI is InChI=1S/C24H21Cl2N7O2S/c1-15(22-19(25)11-28-12-20(22)26)36-21-7-16(13-32-23(21)17(8-27)9-29-32)18-10-30-33(14-18)35-24(34)31-5-3-2-4-6-31/h7,9-15H,2-6H2,1H3/t15-/m1/s1. The Balaban J connectivity index is 1.46. The molecule has 1 saturated heterocycles. The minimum Gasteiger partial charge on any atom is -0.306 e. The number of pyridine rings is 2. The summed E-state index contributed by atoms with van der Waals surface area (Å²) in [6.07, 6.45) is 12.4. The van der Waals surface area contributed by atoms with Crippen LogP contribution in [0.25, 0.3) is 16.6 Å². The van der Waals surface area contributed by atoms with Crippen LogP contribution in [-0.2, 0) is 0 Å². The van der Waals surface area contributed by atoms with Gasteiger partial charge in [0.1, 0.15) is 6.07 Å². The minimum atomic E-state index is -0.415. The minimum absolute atomic E-state index is 0.137. The van der Waals surface area contributed by atoms with Crippen LogP contribution >= 0.6 is 35.0 Å². The monoisotopic (exact) mass is 541 g/mol. The second-order valence-electron chi connectivity index (χ2n) is 8.37. The van der Waals surface area contributed by atoms with Crippen molar-refractivity contribution in [1.82, 2.24) is 29.4 Å². The van der Waals surface area contributed by atoms with Crippen LogP contribution in [0.4, 0.5) is 4.79 Å². The van der Waals surface area contributed by atoms with Gasteiger partial charge in [0.15, 0.2) is 0 Å². The first kappa shape index (κ1) is 24.4. The smallest absolute Gasteiger partial charge is 0.306 e. The SMILES string of the molecule is C[C@@H](Sc1cc(-c2cnn(OC(=O)N3CCCCC3)c2)cn2ncc(C#N)c12)c1c(Cl)cncc1Cl. The van der Waals surface area contributed by atoms with E-state index in [0.29, 0.717) is 34.2 Å². The highest BCUT2D eigenvalue weighted by Gasteiger charge is 2.21. The van der Waals surface area contributed by atoms with Gasteiger partial charge >= 0.3 is 6.09 Å². The van der Waals surface area contributed by atoms with Gasteiger partial charge in [-0.1, -0.05) is 28.0 Å².